The largest absolute Gasteiger partial charge is 0.310 e. The van der Waals surface area contributed by atoms with E-state index in [1.807, 2.05) is 60.7 Å². The number of rotatable bonds is 6. The Labute approximate surface area is 289 Å². The van der Waals surface area contributed by atoms with Gasteiger partial charge in [0, 0.05) is 44.3 Å². The molecule has 2 nitrogen and oxygen atoms in total. The third-order valence-electron chi connectivity index (χ3n) is 9.91. The van der Waals surface area contributed by atoms with Crippen LogP contribution in [0.3, 0.4) is 0 Å². The summed E-state index contributed by atoms with van der Waals surface area (Å²) in [5, 5.41) is 9.34. The summed E-state index contributed by atoms with van der Waals surface area (Å²) in [6.45, 7) is 4.37. The van der Waals surface area contributed by atoms with Crippen molar-refractivity contribution in [2.75, 3.05) is 9.80 Å². The number of benzene rings is 9. The zero-order valence-electron chi connectivity index (χ0n) is 27.7. The average molecular weight is 651 g/mol. The molecule has 0 aliphatic carbocycles. The van der Waals surface area contributed by atoms with Crippen LogP contribution in [0.5, 0.6) is 0 Å². The van der Waals surface area contributed by atoms with Crippen molar-refractivity contribution in [2.45, 2.75) is 13.8 Å². The van der Waals surface area contributed by atoms with Crippen molar-refractivity contribution in [2.24, 2.45) is 0 Å². The fourth-order valence-corrected chi connectivity index (χ4v) is 7.79. The van der Waals surface area contributed by atoms with Crippen molar-refractivity contribution < 1.29 is 8.78 Å². The Morgan fingerprint density at radius 2 is 0.760 bits per heavy atom. The molecule has 0 N–H and O–H groups in total. The highest BCUT2D eigenvalue weighted by atomic mass is 19.1. The van der Waals surface area contributed by atoms with Gasteiger partial charge in [-0.15, -0.1) is 0 Å². The van der Waals surface area contributed by atoms with Crippen LogP contribution in [-0.2, 0) is 0 Å². The second-order valence-corrected chi connectivity index (χ2v) is 12.9. The lowest BCUT2D eigenvalue weighted by Gasteiger charge is -2.31. The van der Waals surface area contributed by atoms with Crippen LogP contribution in [-0.4, -0.2) is 0 Å². The highest BCUT2D eigenvalue weighted by Gasteiger charge is 2.26. The fraction of sp³-hybridized carbons (Fsp3) is 0.0435. The van der Waals surface area contributed by atoms with Crippen molar-refractivity contribution in [3.63, 3.8) is 0 Å². The Bertz CT molecular complexity index is 2670. The van der Waals surface area contributed by atoms with Crippen molar-refractivity contribution in [1.82, 2.24) is 0 Å². The highest BCUT2D eigenvalue weighted by molar-refractivity contribution is 6.38. The van der Waals surface area contributed by atoms with E-state index in [4.69, 9.17) is 0 Å². The van der Waals surface area contributed by atoms with Gasteiger partial charge in [-0.25, -0.2) is 8.78 Å². The SMILES string of the molecule is Cc1cc(N(c2ccccc2)c2ccc(F)cc2)c2c3ccccc3c3c(C)cc(N(c4ccccc4)c4ccc(F)cc4)c4ccc1c2c43. The lowest BCUT2D eigenvalue weighted by molar-refractivity contribution is 0.627. The van der Waals surface area contributed by atoms with Crippen LogP contribution in [0.4, 0.5) is 42.9 Å². The highest BCUT2D eigenvalue weighted by Crippen LogP contribution is 2.52. The molecule has 9 aromatic rings. The number of aryl methyl sites for hydroxylation is 2. The number of nitrogens with zero attached hydrogens (tertiary/aromatic N) is 2. The first-order chi connectivity index (χ1) is 24.5. The number of anilines is 6. The van der Waals surface area contributed by atoms with Gasteiger partial charge in [-0.3, -0.25) is 0 Å². The van der Waals surface area contributed by atoms with Crippen LogP contribution in [0.1, 0.15) is 11.1 Å². The summed E-state index contributed by atoms with van der Waals surface area (Å²) in [7, 11) is 0. The first-order valence-electron chi connectivity index (χ1n) is 16.8. The summed E-state index contributed by atoms with van der Waals surface area (Å²) < 4.78 is 28.6. The average Bonchev–Trinajstić information content (AvgIpc) is 3.15. The standard InChI is InChI=1S/C46H32F2N2/c1-29-27-42(50(34-13-7-4-8-14-34)36-23-19-32(48)20-24-36)44-39-16-10-9-15-38(39)43-30(2)28-41(40-26-25-37(29)45(44)46(40)43)49(33-11-5-3-6-12-33)35-21-17-31(47)18-22-35/h3-28H,1-2H3. The minimum absolute atomic E-state index is 0.271. The Morgan fingerprint density at radius 3 is 1.32 bits per heavy atom. The molecule has 0 aliphatic heterocycles. The number of hydrogen-bond donors (Lipinski definition) is 0. The monoisotopic (exact) mass is 650 g/mol. The molecule has 0 aliphatic rings. The van der Waals surface area contributed by atoms with Gasteiger partial charge in [0.15, 0.2) is 0 Å². The summed E-state index contributed by atoms with van der Waals surface area (Å²) >= 11 is 0. The van der Waals surface area contributed by atoms with E-state index in [0.717, 1.165) is 61.4 Å². The minimum atomic E-state index is -0.272. The summed E-state index contributed by atoms with van der Waals surface area (Å²) in [4.78, 5) is 4.47. The number of fused-ring (bicyclic) bond motifs is 3. The van der Waals surface area contributed by atoms with Gasteiger partial charge in [-0.2, -0.15) is 0 Å². The van der Waals surface area contributed by atoms with Crippen LogP contribution >= 0.6 is 0 Å². The smallest absolute Gasteiger partial charge is 0.123 e. The molecular weight excluding hydrogens is 619 g/mol. The molecule has 0 fully saturated rings. The topological polar surface area (TPSA) is 6.48 Å². The van der Waals surface area contributed by atoms with Crippen LogP contribution in [0.25, 0.3) is 43.1 Å². The predicted molar refractivity (Wildman–Crippen MR) is 206 cm³/mol. The van der Waals surface area contributed by atoms with Crippen LogP contribution in [0, 0.1) is 25.5 Å². The van der Waals surface area contributed by atoms with E-state index >= 15 is 0 Å². The Morgan fingerprint density at radius 1 is 0.340 bits per heavy atom. The van der Waals surface area contributed by atoms with Crippen LogP contribution in [0.2, 0.25) is 0 Å². The quantitative estimate of drug-likeness (QED) is 0.131. The normalized spacial score (nSPS) is 11.6. The van der Waals surface area contributed by atoms with Gasteiger partial charge in [0.25, 0.3) is 0 Å². The third kappa shape index (κ3) is 4.67. The van der Waals surface area contributed by atoms with E-state index in [0.29, 0.717) is 0 Å². The molecule has 240 valence electrons. The second kappa shape index (κ2) is 11.7. The molecule has 0 bridgehead atoms. The Kier molecular flexibility index (Phi) is 6.99. The molecule has 0 aromatic heterocycles. The van der Waals surface area contributed by atoms with Gasteiger partial charge in [-0.1, -0.05) is 72.8 Å². The first kappa shape index (κ1) is 29.8. The fourth-order valence-electron chi connectivity index (χ4n) is 7.79. The molecule has 4 heteroatoms. The third-order valence-corrected chi connectivity index (χ3v) is 9.91. The van der Waals surface area contributed by atoms with Gasteiger partial charge >= 0.3 is 0 Å². The Hall–Kier alpha value is -6.26. The van der Waals surface area contributed by atoms with Crippen molar-refractivity contribution in [3.8, 4) is 0 Å². The summed E-state index contributed by atoms with van der Waals surface area (Å²) in [6.07, 6.45) is 0. The number of para-hydroxylation sites is 2. The van der Waals surface area contributed by atoms with Gasteiger partial charge in [0.05, 0.1) is 11.4 Å². The van der Waals surface area contributed by atoms with Gasteiger partial charge in [0.1, 0.15) is 11.6 Å². The predicted octanol–water partition coefficient (Wildman–Crippen LogP) is 13.6. The van der Waals surface area contributed by atoms with E-state index in [2.05, 4.69) is 96.4 Å². The molecule has 0 amide bonds. The van der Waals surface area contributed by atoms with Gasteiger partial charge < -0.3 is 9.80 Å². The zero-order chi connectivity index (χ0) is 33.9. The van der Waals surface area contributed by atoms with E-state index in [9.17, 15) is 8.78 Å². The zero-order valence-corrected chi connectivity index (χ0v) is 27.7. The molecule has 0 spiro atoms. The maximum atomic E-state index is 14.3. The van der Waals surface area contributed by atoms with E-state index < -0.39 is 0 Å². The molecule has 0 atom stereocenters. The lowest BCUT2D eigenvalue weighted by Crippen LogP contribution is -2.12. The molecule has 0 unspecified atom stereocenters. The maximum absolute atomic E-state index is 14.3. The van der Waals surface area contributed by atoms with E-state index in [1.165, 1.54) is 51.2 Å². The van der Waals surface area contributed by atoms with Crippen molar-refractivity contribution >= 4 is 77.2 Å². The summed E-state index contributed by atoms with van der Waals surface area (Å²) in [5.74, 6) is -0.544. The number of hydrogen-bond acceptors (Lipinski definition) is 2. The molecular formula is C46H32F2N2. The van der Waals surface area contributed by atoms with Gasteiger partial charge in [-0.05, 0) is 131 Å². The van der Waals surface area contributed by atoms with Crippen molar-refractivity contribution in [1.29, 1.82) is 0 Å². The Balaban J connectivity index is 1.45. The molecule has 0 saturated heterocycles. The van der Waals surface area contributed by atoms with Crippen LogP contribution < -0.4 is 9.80 Å². The molecule has 9 aromatic carbocycles. The molecule has 50 heavy (non-hydrogen) atoms. The summed E-state index contributed by atoms with van der Waals surface area (Å²) in [6, 6.07) is 51.7. The van der Waals surface area contributed by atoms with Gasteiger partial charge in [0.2, 0.25) is 0 Å². The maximum Gasteiger partial charge on any atom is 0.123 e. The lowest BCUT2D eigenvalue weighted by atomic mass is 9.84. The number of halogens is 2. The van der Waals surface area contributed by atoms with E-state index in [1.54, 1.807) is 0 Å². The first-order valence-corrected chi connectivity index (χ1v) is 16.8. The molecule has 0 heterocycles. The molecule has 9 rings (SSSR count). The molecule has 0 saturated carbocycles. The van der Waals surface area contributed by atoms with Crippen molar-refractivity contribution in [3.05, 3.63) is 180 Å². The molecule has 0 radical (unpaired) electrons. The summed E-state index contributed by atoms with van der Waals surface area (Å²) in [5.41, 5.74) is 8.08. The van der Waals surface area contributed by atoms with Crippen LogP contribution in [0.15, 0.2) is 158 Å². The second-order valence-electron chi connectivity index (χ2n) is 12.9. The minimum Gasteiger partial charge on any atom is -0.310 e. The van der Waals surface area contributed by atoms with E-state index in [-0.39, 0.29) is 11.6 Å².